The first-order chi connectivity index (χ1) is 9.22. The van der Waals surface area contributed by atoms with E-state index in [4.69, 9.17) is 11.6 Å². The van der Waals surface area contributed by atoms with Crippen molar-refractivity contribution >= 4 is 17.3 Å². The molecular weight excluding hydrogens is 261 g/mol. The molecule has 2 aromatic rings. The third-order valence-electron chi connectivity index (χ3n) is 3.68. The van der Waals surface area contributed by atoms with Gasteiger partial charge in [-0.3, -0.25) is 0 Å². The Balaban J connectivity index is 1.60. The minimum absolute atomic E-state index is 0.202. The maximum absolute atomic E-state index is 13.1. The molecule has 1 fully saturated rings. The normalized spacial score (nSPS) is 21.8. The molecule has 0 atom stereocenters. The van der Waals surface area contributed by atoms with E-state index >= 15 is 0 Å². The van der Waals surface area contributed by atoms with Crippen LogP contribution in [0.2, 0.25) is 5.02 Å². The summed E-state index contributed by atoms with van der Waals surface area (Å²) in [5.41, 5.74) is 2.07. The molecule has 0 spiro atoms. The molecule has 1 aliphatic carbocycles. The fourth-order valence-corrected chi connectivity index (χ4v) is 2.90. The van der Waals surface area contributed by atoms with E-state index in [0.29, 0.717) is 12.0 Å². The molecule has 1 aliphatic rings. The molecule has 98 valence electrons. The SMILES string of the molecule is Fc1cccc(NC2CC(c3ccccc3Cl)C2)c1. The lowest BCUT2D eigenvalue weighted by Gasteiger charge is -2.37. The maximum atomic E-state index is 13.1. The minimum atomic E-state index is -0.202. The minimum Gasteiger partial charge on any atom is -0.382 e. The Bertz CT molecular complexity index is 578. The molecule has 3 heteroatoms. The molecule has 0 aliphatic heterocycles. The molecule has 0 heterocycles. The summed E-state index contributed by atoms with van der Waals surface area (Å²) >= 11 is 6.19. The van der Waals surface area contributed by atoms with Crippen LogP contribution < -0.4 is 5.32 Å². The van der Waals surface area contributed by atoms with Gasteiger partial charge in [0.25, 0.3) is 0 Å². The molecule has 0 bridgehead atoms. The molecule has 0 aromatic heterocycles. The van der Waals surface area contributed by atoms with Crippen LogP contribution in [0.4, 0.5) is 10.1 Å². The molecule has 2 aromatic carbocycles. The highest BCUT2D eigenvalue weighted by atomic mass is 35.5. The van der Waals surface area contributed by atoms with Gasteiger partial charge in [-0.15, -0.1) is 0 Å². The summed E-state index contributed by atoms with van der Waals surface area (Å²) in [5.74, 6) is 0.312. The molecule has 0 unspecified atom stereocenters. The van der Waals surface area contributed by atoms with Crippen molar-refractivity contribution in [2.24, 2.45) is 0 Å². The van der Waals surface area contributed by atoms with Crippen molar-refractivity contribution in [2.75, 3.05) is 5.32 Å². The van der Waals surface area contributed by atoms with Gasteiger partial charge in [-0.25, -0.2) is 4.39 Å². The quantitative estimate of drug-likeness (QED) is 0.845. The topological polar surface area (TPSA) is 12.0 Å². The van der Waals surface area contributed by atoms with Crippen LogP contribution in [0.1, 0.15) is 24.3 Å². The Morgan fingerprint density at radius 3 is 2.58 bits per heavy atom. The second-order valence-electron chi connectivity index (χ2n) is 5.04. The van der Waals surface area contributed by atoms with Gasteiger partial charge in [0, 0.05) is 16.8 Å². The van der Waals surface area contributed by atoms with Gasteiger partial charge in [0.15, 0.2) is 0 Å². The van der Waals surface area contributed by atoms with Crippen molar-refractivity contribution in [3.05, 3.63) is 64.9 Å². The van der Waals surface area contributed by atoms with E-state index in [1.165, 1.54) is 17.7 Å². The molecular formula is C16H15ClFN. The van der Waals surface area contributed by atoms with Gasteiger partial charge in [-0.1, -0.05) is 35.9 Å². The highest BCUT2D eigenvalue weighted by Crippen LogP contribution is 2.41. The Morgan fingerprint density at radius 1 is 1.05 bits per heavy atom. The van der Waals surface area contributed by atoms with E-state index in [1.807, 2.05) is 24.3 Å². The van der Waals surface area contributed by atoms with E-state index in [1.54, 1.807) is 6.07 Å². The Kier molecular flexibility index (Phi) is 3.43. The van der Waals surface area contributed by atoms with Crippen LogP contribution in [0, 0.1) is 5.82 Å². The molecule has 0 amide bonds. The lowest BCUT2D eigenvalue weighted by Crippen LogP contribution is -2.34. The number of hydrogen-bond acceptors (Lipinski definition) is 1. The van der Waals surface area contributed by atoms with Crippen molar-refractivity contribution in [1.29, 1.82) is 0 Å². The highest BCUT2D eigenvalue weighted by Gasteiger charge is 2.31. The summed E-state index contributed by atoms with van der Waals surface area (Å²) in [5, 5.41) is 4.20. The van der Waals surface area contributed by atoms with Crippen molar-refractivity contribution in [3.63, 3.8) is 0 Å². The molecule has 0 saturated heterocycles. The molecule has 3 rings (SSSR count). The van der Waals surface area contributed by atoms with Crippen molar-refractivity contribution in [2.45, 2.75) is 24.8 Å². The maximum Gasteiger partial charge on any atom is 0.125 e. The average Bonchev–Trinajstić information content (AvgIpc) is 2.35. The van der Waals surface area contributed by atoms with Crippen LogP contribution >= 0.6 is 11.6 Å². The van der Waals surface area contributed by atoms with E-state index < -0.39 is 0 Å². The lowest BCUT2D eigenvalue weighted by atomic mass is 9.76. The Hall–Kier alpha value is -1.54. The van der Waals surface area contributed by atoms with Gasteiger partial charge in [0.2, 0.25) is 0 Å². The van der Waals surface area contributed by atoms with Gasteiger partial charge >= 0.3 is 0 Å². The van der Waals surface area contributed by atoms with Crippen LogP contribution in [0.25, 0.3) is 0 Å². The van der Waals surface area contributed by atoms with Gasteiger partial charge < -0.3 is 5.32 Å². The largest absolute Gasteiger partial charge is 0.382 e. The summed E-state index contributed by atoms with van der Waals surface area (Å²) in [4.78, 5) is 0. The van der Waals surface area contributed by atoms with Crippen LogP contribution in [-0.2, 0) is 0 Å². The van der Waals surface area contributed by atoms with Crippen molar-refractivity contribution in [3.8, 4) is 0 Å². The van der Waals surface area contributed by atoms with E-state index in [-0.39, 0.29) is 5.82 Å². The monoisotopic (exact) mass is 275 g/mol. The van der Waals surface area contributed by atoms with Crippen LogP contribution in [0.5, 0.6) is 0 Å². The van der Waals surface area contributed by atoms with E-state index in [0.717, 1.165) is 23.6 Å². The standard InChI is InChI=1S/C16H15ClFN/c17-16-7-2-1-6-15(16)11-8-14(9-11)19-13-5-3-4-12(18)10-13/h1-7,10-11,14,19H,8-9H2. The summed E-state index contributed by atoms with van der Waals surface area (Å²) in [6.07, 6.45) is 2.08. The number of rotatable bonds is 3. The Labute approximate surface area is 117 Å². The van der Waals surface area contributed by atoms with Crippen molar-refractivity contribution in [1.82, 2.24) is 0 Å². The summed E-state index contributed by atoms with van der Waals surface area (Å²) in [6.45, 7) is 0. The molecule has 1 saturated carbocycles. The van der Waals surface area contributed by atoms with E-state index in [9.17, 15) is 4.39 Å². The zero-order valence-corrected chi connectivity index (χ0v) is 11.2. The highest BCUT2D eigenvalue weighted by molar-refractivity contribution is 6.31. The predicted octanol–water partition coefficient (Wildman–Crippen LogP) is 4.84. The number of anilines is 1. The van der Waals surface area contributed by atoms with Crippen LogP contribution in [0.3, 0.4) is 0 Å². The number of halogens is 2. The predicted molar refractivity (Wildman–Crippen MR) is 77.2 cm³/mol. The van der Waals surface area contributed by atoms with Gasteiger partial charge in [0.1, 0.15) is 5.82 Å². The third-order valence-corrected chi connectivity index (χ3v) is 4.02. The van der Waals surface area contributed by atoms with Crippen LogP contribution in [0.15, 0.2) is 48.5 Å². The Morgan fingerprint density at radius 2 is 1.84 bits per heavy atom. The molecule has 19 heavy (non-hydrogen) atoms. The lowest BCUT2D eigenvalue weighted by molar-refractivity contribution is 0.374. The average molecular weight is 276 g/mol. The third kappa shape index (κ3) is 2.74. The smallest absolute Gasteiger partial charge is 0.125 e. The van der Waals surface area contributed by atoms with Crippen molar-refractivity contribution < 1.29 is 4.39 Å². The van der Waals surface area contributed by atoms with E-state index in [2.05, 4.69) is 11.4 Å². The summed E-state index contributed by atoms with van der Waals surface area (Å²) < 4.78 is 13.1. The second kappa shape index (κ2) is 5.22. The zero-order chi connectivity index (χ0) is 13.2. The first kappa shape index (κ1) is 12.5. The number of benzene rings is 2. The van der Waals surface area contributed by atoms with Gasteiger partial charge in [-0.05, 0) is 48.6 Å². The molecule has 1 N–H and O–H groups in total. The number of nitrogens with one attached hydrogen (secondary N) is 1. The van der Waals surface area contributed by atoms with Gasteiger partial charge in [-0.2, -0.15) is 0 Å². The fourth-order valence-electron chi connectivity index (χ4n) is 2.61. The second-order valence-corrected chi connectivity index (χ2v) is 5.45. The van der Waals surface area contributed by atoms with Gasteiger partial charge in [0.05, 0.1) is 0 Å². The van der Waals surface area contributed by atoms with Crippen LogP contribution in [-0.4, -0.2) is 6.04 Å². The fraction of sp³-hybridized carbons (Fsp3) is 0.250. The zero-order valence-electron chi connectivity index (χ0n) is 10.4. The summed E-state index contributed by atoms with van der Waals surface area (Å²) in [7, 11) is 0. The summed E-state index contributed by atoms with van der Waals surface area (Å²) in [6, 6.07) is 15.0. The molecule has 1 nitrogen and oxygen atoms in total. The first-order valence-electron chi connectivity index (χ1n) is 6.49. The number of hydrogen-bond donors (Lipinski definition) is 1. The molecule has 0 radical (unpaired) electrons. The first-order valence-corrected chi connectivity index (χ1v) is 6.86.